The van der Waals surface area contributed by atoms with Crippen molar-refractivity contribution in [3.8, 4) is 0 Å². The standard InChI is InChI=1S/C18H25N3O3/c1-12-8-9-13(19-16(23)17(24)20-18(2,3)4)11-14(12)21-10-6-5-7-15(21)22/h8-9,11H,5-7,10H2,1-4H3,(H,19,23)(H,20,24). The lowest BCUT2D eigenvalue weighted by molar-refractivity contribution is -0.137. The van der Waals surface area contributed by atoms with E-state index in [1.165, 1.54) is 0 Å². The number of piperidine rings is 1. The topological polar surface area (TPSA) is 78.5 Å². The monoisotopic (exact) mass is 331 g/mol. The summed E-state index contributed by atoms with van der Waals surface area (Å²) in [6.07, 6.45) is 2.43. The molecule has 1 aromatic rings. The van der Waals surface area contributed by atoms with Crippen LogP contribution in [0.3, 0.4) is 0 Å². The highest BCUT2D eigenvalue weighted by atomic mass is 16.2. The molecule has 1 heterocycles. The van der Waals surface area contributed by atoms with Crippen molar-refractivity contribution < 1.29 is 14.4 Å². The summed E-state index contributed by atoms with van der Waals surface area (Å²) in [6, 6.07) is 5.32. The minimum absolute atomic E-state index is 0.0957. The molecule has 2 N–H and O–H groups in total. The zero-order valence-electron chi connectivity index (χ0n) is 14.7. The molecule has 0 aromatic heterocycles. The molecule has 3 amide bonds. The van der Waals surface area contributed by atoms with E-state index in [-0.39, 0.29) is 5.91 Å². The molecule has 0 spiro atoms. The van der Waals surface area contributed by atoms with Crippen LogP contribution >= 0.6 is 0 Å². The second-order valence-electron chi connectivity index (χ2n) is 7.16. The van der Waals surface area contributed by atoms with Gasteiger partial charge in [0.25, 0.3) is 0 Å². The third kappa shape index (κ3) is 4.57. The van der Waals surface area contributed by atoms with Crippen LogP contribution < -0.4 is 15.5 Å². The Kier molecular flexibility index (Phi) is 5.26. The summed E-state index contributed by atoms with van der Waals surface area (Å²) in [5.74, 6) is -1.30. The SMILES string of the molecule is Cc1ccc(NC(=O)C(=O)NC(C)(C)C)cc1N1CCCCC1=O. The minimum atomic E-state index is -0.718. The lowest BCUT2D eigenvalue weighted by Crippen LogP contribution is -2.46. The van der Waals surface area contributed by atoms with Gasteiger partial charge in [0.05, 0.1) is 0 Å². The van der Waals surface area contributed by atoms with Crippen LogP contribution in [0.15, 0.2) is 18.2 Å². The molecule has 24 heavy (non-hydrogen) atoms. The Bertz CT molecular complexity index is 662. The predicted molar refractivity (Wildman–Crippen MR) is 93.9 cm³/mol. The van der Waals surface area contributed by atoms with Crippen molar-refractivity contribution in [3.63, 3.8) is 0 Å². The van der Waals surface area contributed by atoms with Crippen LogP contribution in [-0.2, 0) is 14.4 Å². The molecule has 0 bridgehead atoms. The van der Waals surface area contributed by atoms with E-state index in [1.807, 2.05) is 33.8 Å². The van der Waals surface area contributed by atoms with Crippen LogP contribution in [0.5, 0.6) is 0 Å². The second kappa shape index (κ2) is 7.03. The number of anilines is 2. The van der Waals surface area contributed by atoms with Gasteiger partial charge in [-0.1, -0.05) is 6.07 Å². The summed E-state index contributed by atoms with van der Waals surface area (Å²) in [5.41, 5.74) is 1.77. The van der Waals surface area contributed by atoms with Gasteiger partial charge in [-0.25, -0.2) is 0 Å². The molecule has 1 aliphatic rings. The quantitative estimate of drug-likeness (QED) is 0.817. The molecule has 0 atom stereocenters. The van der Waals surface area contributed by atoms with Crippen LogP contribution in [-0.4, -0.2) is 29.8 Å². The van der Waals surface area contributed by atoms with Crippen molar-refractivity contribution in [1.82, 2.24) is 5.32 Å². The Morgan fingerprint density at radius 1 is 1.12 bits per heavy atom. The maximum absolute atomic E-state index is 12.1. The molecule has 6 nitrogen and oxygen atoms in total. The normalized spacial score (nSPS) is 15.2. The number of nitrogens with zero attached hydrogens (tertiary/aromatic N) is 1. The molecule has 0 saturated carbocycles. The first kappa shape index (κ1) is 18.0. The van der Waals surface area contributed by atoms with Crippen molar-refractivity contribution in [2.75, 3.05) is 16.8 Å². The smallest absolute Gasteiger partial charge is 0.313 e. The Labute approximate surface area is 142 Å². The number of carbonyl (C=O) groups excluding carboxylic acids is 3. The van der Waals surface area contributed by atoms with Gasteiger partial charge in [0.15, 0.2) is 0 Å². The van der Waals surface area contributed by atoms with E-state index >= 15 is 0 Å². The van der Waals surface area contributed by atoms with Gasteiger partial charge in [-0.3, -0.25) is 14.4 Å². The highest BCUT2D eigenvalue weighted by Gasteiger charge is 2.23. The van der Waals surface area contributed by atoms with Gasteiger partial charge in [0.1, 0.15) is 0 Å². The summed E-state index contributed by atoms with van der Waals surface area (Å²) in [4.78, 5) is 37.8. The summed E-state index contributed by atoms with van der Waals surface area (Å²) in [5, 5.41) is 5.22. The van der Waals surface area contributed by atoms with Crippen molar-refractivity contribution in [3.05, 3.63) is 23.8 Å². The first-order valence-corrected chi connectivity index (χ1v) is 8.22. The van der Waals surface area contributed by atoms with Gasteiger partial charge in [-0.05, 0) is 58.2 Å². The van der Waals surface area contributed by atoms with Crippen molar-refractivity contribution in [2.24, 2.45) is 0 Å². The lowest BCUT2D eigenvalue weighted by atomic mass is 10.1. The molecular formula is C18H25N3O3. The Morgan fingerprint density at radius 3 is 2.46 bits per heavy atom. The molecule has 0 radical (unpaired) electrons. The number of hydrogen-bond acceptors (Lipinski definition) is 3. The number of benzene rings is 1. The fourth-order valence-corrected chi connectivity index (χ4v) is 2.62. The van der Waals surface area contributed by atoms with E-state index in [2.05, 4.69) is 10.6 Å². The third-order valence-electron chi connectivity index (χ3n) is 3.78. The number of aryl methyl sites for hydroxylation is 1. The molecule has 0 aliphatic carbocycles. The van der Waals surface area contributed by atoms with Gasteiger partial charge in [0.2, 0.25) is 5.91 Å². The predicted octanol–water partition coefficient (Wildman–Crippen LogP) is 2.37. The first-order chi connectivity index (χ1) is 11.2. The van der Waals surface area contributed by atoms with Crippen molar-refractivity contribution >= 4 is 29.1 Å². The zero-order chi connectivity index (χ0) is 17.9. The van der Waals surface area contributed by atoms with Gasteiger partial charge in [0, 0.05) is 29.9 Å². The highest BCUT2D eigenvalue weighted by molar-refractivity contribution is 6.39. The van der Waals surface area contributed by atoms with Gasteiger partial charge in [-0.15, -0.1) is 0 Å². The van der Waals surface area contributed by atoms with E-state index in [0.717, 1.165) is 24.1 Å². The van der Waals surface area contributed by atoms with Crippen LogP contribution in [0, 0.1) is 6.92 Å². The van der Waals surface area contributed by atoms with E-state index in [9.17, 15) is 14.4 Å². The molecule has 1 saturated heterocycles. The lowest BCUT2D eigenvalue weighted by Gasteiger charge is -2.28. The number of rotatable bonds is 2. The summed E-state index contributed by atoms with van der Waals surface area (Å²) < 4.78 is 0. The number of nitrogens with one attached hydrogen (secondary N) is 2. The summed E-state index contributed by atoms with van der Waals surface area (Å²) >= 11 is 0. The van der Waals surface area contributed by atoms with Crippen molar-refractivity contribution in [2.45, 2.75) is 52.5 Å². The minimum Gasteiger partial charge on any atom is -0.343 e. The van der Waals surface area contributed by atoms with E-state index < -0.39 is 17.4 Å². The van der Waals surface area contributed by atoms with E-state index in [1.54, 1.807) is 17.0 Å². The van der Waals surface area contributed by atoms with Crippen LogP contribution in [0.1, 0.15) is 45.6 Å². The Balaban J connectivity index is 2.14. The molecule has 130 valence electrons. The molecule has 0 unspecified atom stereocenters. The highest BCUT2D eigenvalue weighted by Crippen LogP contribution is 2.27. The van der Waals surface area contributed by atoms with E-state index in [0.29, 0.717) is 18.7 Å². The maximum atomic E-state index is 12.1. The van der Waals surface area contributed by atoms with Gasteiger partial charge < -0.3 is 15.5 Å². The average Bonchev–Trinajstić information content (AvgIpc) is 2.48. The third-order valence-corrected chi connectivity index (χ3v) is 3.78. The Morgan fingerprint density at radius 2 is 1.83 bits per heavy atom. The summed E-state index contributed by atoms with van der Waals surface area (Å²) in [6.45, 7) is 8.04. The molecule has 1 aromatic carbocycles. The van der Waals surface area contributed by atoms with Crippen LogP contribution in [0.4, 0.5) is 11.4 Å². The number of hydrogen-bond donors (Lipinski definition) is 2. The first-order valence-electron chi connectivity index (χ1n) is 8.22. The average molecular weight is 331 g/mol. The number of amides is 3. The van der Waals surface area contributed by atoms with Crippen LogP contribution in [0.25, 0.3) is 0 Å². The van der Waals surface area contributed by atoms with E-state index in [4.69, 9.17) is 0 Å². The molecule has 6 heteroatoms. The Hall–Kier alpha value is -2.37. The molecular weight excluding hydrogens is 306 g/mol. The van der Waals surface area contributed by atoms with Gasteiger partial charge >= 0.3 is 11.8 Å². The molecule has 1 fully saturated rings. The number of carbonyl (C=O) groups is 3. The zero-order valence-corrected chi connectivity index (χ0v) is 14.7. The van der Waals surface area contributed by atoms with Gasteiger partial charge in [-0.2, -0.15) is 0 Å². The molecule has 1 aliphatic heterocycles. The fraction of sp³-hybridized carbons (Fsp3) is 0.500. The van der Waals surface area contributed by atoms with Crippen LogP contribution in [0.2, 0.25) is 0 Å². The molecule has 2 rings (SSSR count). The fourth-order valence-electron chi connectivity index (χ4n) is 2.62. The largest absolute Gasteiger partial charge is 0.343 e. The second-order valence-corrected chi connectivity index (χ2v) is 7.16. The van der Waals surface area contributed by atoms with Crippen molar-refractivity contribution in [1.29, 1.82) is 0 Å². The summed E-state index contributed by atoms with van der Waals surface area (Å²) in [7, 11) is 0. The maximum Gasteiger partial charge on any atom is 0.313 e.